The SMILES string of the molecule is CC(C)c1cc(F)c(C(C)C)nc1[N+](=O)[O-]. The van der Waals surface area contributed by atoms with Crippen molar-refractivity contribution in [1.82, 2.24) is 4.98 Å². The number of rotatable bonds is 3. The smallest absolute Gasteiger partial charge is 0.358 e. The molecule has 0 spiro atoms. The van der Waals surface area contributed by atoms with E-state index in [9.17, 15) is 14.5 Å². The summed E-state index contributed by atoms with van der Waals surface area (Å²) in [4.78, 5) is 14.1. The molecule has 0 saturated heterocycles. The van der Waals surface area contributed by atoms with E-state index in [4.69, 9.17) is 0 Å². The summed E-state index contributed by atoms with van der Waals surface area (Å²) in [6.07, 6.45) is 0. The van der Waals surface area contributed by atoms with Gasteiger partial charge in [-0.1, -0.05) is 27.7 Å². The predicted molar refractivity (Wildman–Crippen MR) is 59.0 cm³/mol. The summed E-state index contributed by atoms with van der Waals surface area (Å²) < 4.78 is 13.6. The molecule has 5 heteroatoms. The zero-order valence-electron chi connectivity index (χ0n) is 9.82. The van der Waals surface area contributed by atoms with Crippen molar-refractivity contribution in [2.75, 3.05) is 0 Å². The van der Waals surface area contributed by atoms with E-state index >= 15 is 0 Å². The predicted octanol–water partition coefficient (Wildman–Crippen LogP) is 3.38. The standard InChI is InChI=1S/C11H15FN2O2/c1-6(2)8-5-9(12)10(7(3)4)13-11(8)14(15)16/h5-7H,1-4H3. The monoisotopic (exact) mass is 226 g/mol. The largest absolute Gasteiger partial charge is 0.367 e. The lowest BCUT2D eigenvalue weighted by atomic mass is 10.0. The minimum absolute atomic E-state index is 0.122. The minimum atomic E-state index is -0.555. The van der Waals surface area contributed by atoms with Crippen molar-refractivity contribution in [3.05, 3.63) is 33.3 Å². The van der Waals surface area contributed by atoms with Crippen molar-refractivity contribution in [3.63, 3.8) is 0 Å². The molecule has 1 rings (SSSR count). The quantitative estimate of drug-likeness (QED) is 0.586. The van der Waals surface area contributed by atoms with Crippen molar-refractivity contribution in [2.45, 2.75) is 39.5 Å². The Balaban J connectivity index is 3.43. The lowest BCUT2D eigenvalue weighted by Crippen LogP contribution is -2.06. The fourth-order valence-electron chi connectivity index (χ4n) is 1.48. The Labute approximate surface area is 93.7 Å². The van der Waals surface area contributed by atoms with Crippen LogP contribution in [0, 0.1) is 15.9 Å². The van der Waals surface area contributed by atoms with Gasteiger partial charge in [0.15, 0.2) is 11.5 Å². The summed E-state index contributed by atoms with van der Waals surface area (Å²) in [7, 11) is 0. The molecular weight excluding hydrogens is 211 g/mol. The third-order valence-corrected chi connectivity index (χ3v) is 2.35. The zero-order valence-corrected chi connectivity index (χ0v) is 9.82. The van der Waals surface area contributed by atoms with E-state index in [2.05, 4.69) is 4.98 Å². The van der Waals surface area contributed by atoms with Gasteiger partial charge in [-0.3, -0.25) is 0 Å². The van der Waals surface area contributed by atoms with Crippen LogP contribution in [-0.4, -0.2) is 9.91 Å². The molecule has 0 aromatic carbocycles. The van der Waals surface area contributed by atoms with Gasteiger partial charge in [0.25, 0.3) is 0 Å². The summed E-state index contributed by atoms with van der Waals surface area (Å²) in [5.74, 6) is -0.993. The summed E-state index contributed by atoms with van der Waals surface area (Å²) in [6, 6.07) is 1.23. The van der Waals surface area contributed by atoms with Gasteiger partial charge < -0.3 is 10.1 Å². The van der Waals surface area contributed by atoms with Crippen LogP contribution in [-0.2, 0) is 0 Å². The third kappa shape index (κ3) is 2.35. The first-order valence-electron chi connectivity index (χ1n) is 5.19. The van der Waals surface area contributed by atoms with Crippen LogP contribution in [0.1, 0.15) is 50.8 Å². The van der Waals surface area contributed by atoms with Gasteiger partial charge in [-0.2, -0.15) is 0 Å². The molecule has 0 aliphatic carbocycles. The summed E-state index contributed by atoms with van der Waals surface area (Å²) >= 11 is 0. The molecule has 4 nitrogen and oxygen atoms in total. The minimum Gasteiger partial charge on any atom is -0.358 e. The van der Waals surface area contributed by atoms with Crippen LogP contribution >= 0.6 is 0 Å². The first-order chi connectivity index (χ1) is 7.34. The third-order valence-electron chi connectivity index (χ3n) is 2.35. The second-order valence-corrected chi connectivity index (χ2v) is 4.33. The van der Waals surface area contributed by atoms with Crippen LogP contribution in [0.5, 0.6) is 0 Å². The maximum Gasteiger partial charge on any atom is 0.367 e. The normalized spacial score (nSPS) is 11.2. The zero-order chi connectivity index (χ0) is 12.5. The molecule has 0 fully saturated rings. The van der Waals surface area contributed by atoms with E-state index in [1.165, 1.54) is 6.07 Å². The second-order valence-electron chi connectivity index (χ2n) is 4.33. The number of nitro groups is 1. The van der Waals surface area contributed by atoms with Gasteiger partial charge in [-0.05, 0) is 21.9 Å². The average molecular weight is 226 g/mol. The first kappa shape index (κ1) is 12.5. The van der Waals surface area contributed by atoms with Gasteiger partial charge in [0, 0.05) is 5.92 Å². The maximum absolute atomic E-state index is 13.6. The number of aromatic nitrogens is 1. The van der Waals surface area contributed by atoms with E-state index in [0.717, 1.165) is 0 Å². The molecular formula is C11H15FN2O2. The molecule has 0 atom stereocenters. The second kappa shape index (κ2) is 4.55. The molecule has 0 bridgehead atoms. The Bertz CT molecular complexity index is 417. The fraction of sp³-hybridized carbons (Fsp3) is 0.545. The number of hydrogen-bond acceptors (Lipinski definition) is 3. The molecule has 0 amide bonds. The molecule has 0 radical (unpaired) electrons. The average Bonchev–Trinajstić information content (AvgIpc) is 2.15. The Hall–Kier alpha value is -1.52. The van der Waals surface area contributed by atoms with Crippen LogP contribution in [0.4, 0.5) is 10.2 Å². The van der Waals surface area contributed by atoms with Crippen molar-refractivity contribution in [2.24, 2.45) is 0 Å². The highest BCUT2D eigenvalue weighted by atomic mass is 19.1. The molecule has 1 heterocycles. The summed E-state index contributed by atoms with van der Waals surface area (Å²) in [5, 5.41) is 10.8. The van der Waals surface area contributed by atoms with Gasteiger partial charge in [-0.25, -0.2) is 4.39 Å². The Morgan fingerprint density at radius 1 is 1.31 bits per heavy atom. The molecule has 1 aromatic rings. The molecule has 0 unspecified atom stereocenters. The summed E-state index contributed by atoms with van der Waals surface area (Å²) in [6.45, 7) is 7.06. The summed E-state index contributed by atoms with van der Waals surface area (Å²) in [5.41, 5.74) is 0.489. The van der Waals surface area contributed by atoms with E-state index in [0.29, 0.717) is 5.56 Å². The maximum atomic E-state index is 13.6. The van der Waals surface area contributed by atoms with Gasteiger partial charge in [-0.15, -0.1) is 0 Å². The molecule has 0 aliphatic heterocycles. The molecule has 0 N–H and O–H groups in total. The number of hydrogen-bond donors (Lipinski definition) is 0. The van der Waals surface area contributed by atoms with Gasteiger partial charge in [0.1, 0.15) is 0 Å². The molecule has 0 saturated carbocycles. The van der Waals surface area contributed by atoms with Crippen LogP contribution in [0.15, 0.2) is 6.07 Å². The fourth-order valence-corrected chi connectivity index (χ4v) is 1.48. The van der Waals surface area contributed by atoms with Crippen molar-refractivity contribution >= 4 is 5.82 Å². The topological polar surface area (TPSA) is 56.0 Å². The number of halogens is 1. The van der Waals surface area contributed by atoms with E-state index in [1.54, 1.807) is 27.7 Å². The van der Waals surface area contributed by atoms with E-state index < -0.39 is 10.7 Å². The number of nitrogens with zero attached hydrogens (tertiary/aromatic N) is 2. The van der Waals surface area contributed by atoms with Crippen molar-refractivity contribution in [1.29, 1.82) is 0 Å². The lowest BCUT2D eigenvalue weighted by Gasteiger charge is -2.08. The van der Waals surface area contributed by atoms with Crippen LogP contribution in [0.3, 0.4) is 0 Å². The Kier molecular flexibility index (Phi) is 3.57. The Morgan fingerprint density at radius 3 is 2.25 bits per heavy atom. The van der Waals surface area contributed by atoms with Crippen LogP contribution < -0.4 is 0 Å². The molecule has 88 valence electrons. The van der Waals surface area contributed by atoms with Crippen LogP contribution in [0.25, 0.3) is 0 Å². The van der Waals surface area contributed by atoms with Gasteiger partial charge >= 0.3 is 5.82 Å². The number of pyridine rings is 1. The van der Waals surface area contributed by atoms with Crippen LogP contribution in [0.2, 0.25) is 0 Å². The highest BCUT2D eigenvalue weighted by Gasteiger charge is 2.25. The molecule has 1 aromatic heterocycles. The van der Waals surface area contributed by atoms with Crippen molar-refractivity contribution in [3.8, 4) is 0 Å². The van der Waals surface area contributed by atoms with Crippen molar-refractivity contribution < 1.29 is 9.31 Å². The van der Waals surface area contributed by atoms with Gasteiger partial charge in [0.05, 0.1) is 5.56 Å². The van der Waals surface area contributed by atoms with E-state index in [1.807, 2.05) is 0 Å². The first-order valence-corrected chi connectivity index (χ1v) is 5.19. The highest BCUT2D eigenvalue weighted by molar-refractivity contribution is 5.37. The Morgan fingerprint density at radius 2 is 1.88 bits per heavy atom. The molecule has 16 heavy (non-hydrogen) atoms. The highest BCUT2D eigenvalue weighted by Crippen LogP contribution is 2.28. The molecule has 0 aliphatic rings. The van der Waals surface area contributed by atoms with Gasteiger partial charge in [0.2, 0.25) is 0 Å². The lowest BCUT2D eigenvalue weighted by molar-refractivity contribution is -0.390. The van der Waals surface area contributed by atoms with E-state index in [-0.39, 0.29) is 23.3 Å².